The molecule has 1 heterocycles. The SMILES string of the molecule is O=C(O)Cc1[nH]nc2cccc(F)c12. The quantitative estimate of drug-likeness (QED) is 0.757. The molecule has 2 rings (SSSR count). The van der Waals surface area contributed by atoms with E-state index in [9.17, 15) is 9.18 Å². The summed E-state index contributed by atoms with van der Waals surface area (Å²) in [5, 5.41) is 15.1. The molecular formula is C9H7FN2O2. The van der Waals surface area contributed by atoms with Gasteiger partial charge in [0.25, 0.3) is 0 Å². The zero-order valence-electron chi connectivity index (χ0n) is 7.12. The Balaban J connectivity index is 2.61. The lowest BCUT2D eigenvalue weighted by molar-refractivity contribution is -0.136. The summed E-state index contributed by atoms with van der Waals surface area (Å²) in [4.78, 5) is 10.5. The van der Waals surface area contributed by atoms with Crippen LogP contribution >= 0.6 is 0 Å². The maximum Gasteiger partial charge on any atom is 0.309 e. The largest absolute Gasteiger partial charge is 0.481 e. The Morgan fingerprint density at radius 1 is 1.57 bits per heavy atom. The van der Waals surface area contributed by atoms with Crippen molar-refractivity contribution in [2.75, 3.05) is 0 Å². The van der Waals surface area contributed by atoms with Gasteiger partial charge in [0.2, 0.25) is 0 Å². The summed E-state index contributed by atoms with van der Waals surface area (Å²) in [5.74, 6) is -1.47. The third kappa shape index (κ3) is 1.32. The summed E-state index contributed by atoms with van der Waals surface area (Å²) in [6, 6.07) is 4.44. The zero-order valence-corrected chi connectivity index (χ0v) is 7.12. The molecule has 5 heteroatoms. The van der Waals surface area contributed by atoms with Crippen molar-refractivity contribution >= 4 is 16.9 Å². The molecule has 0 aliphatic rings. The Kier molecular flexibility index (Phi) is 1.92. The molecular weight excluding hydrogens is 187 g/mol. The topological polar surface area (TPSA) is 66.0 Å². The Hall–Kier alpha value is -1.91. The van der Waals surface area contributed by atoms with Crippen LogP contribution in [0.15, 0.2) is 18.2 Å². The Labute approximate surface area is 78.4 Å². The van der Waals surface area contributed by atoms with Crippen molar-refractivity contribution < 1.29 is 14.3 Å². The number of halogens is 1. The molecule has 0 aliphatic carbocycles. The summed E-state index contributed by atoms with van der Waals surface area (Å²) in [7, 11) is 0. The van der Waals surface area contributed by atoms with Crippen molar-refractivity contribution in [1.82, 2.24) is 10.2 Å². The fourth-order valence-electron chi connectivity index (χ4n) is 1.37. The Morgan fingerprint density at radius 2 is 2.36 bits per heavy atom. The van der Waals surface area contributed by atoms with Crippen LogP contribution in [0.4, 0.5) is 4.39 Å². The van der Waals surface area contributed by atoms with Gasteiger partial charge in [0, 0.05) is 0 Å². The molecule has 0 aliphatic heterocycles. The molecule has 0 atom stereocenters. The highest BCUT2D eigenvalue weighted by atomic mass is 19.1. The number of fused-ring (bicyclic) bond motifs is 1. The van der Waals surface area contributed by atoms with Crippen LogP contribution < -0.4 is 0 Å². The molecule has 2 N–H and O–H groups in total. The number of H-pyrrole nitrogens is 1. The first-order valence-corrected chi connectivity index (χ1v) is 4.02. The van der Waals surface area contributed by atoms with E-state index in [1.54, 1.807) is 6.07 Å². The van der Waals surface area contributed by atoms with Crippen molar-refractivity contribution in [3.8, 4) is 0 Å². The third-order valence-corrected chi connectivity index (χ3v) is 1.93. The number of benzene rings is 1. The summed E-state index contributed by atoms with van der Waals surface area (Å²) in [5.41, 5.74) is 0.742. The average molecular weight is 194 g/mol. The highest BCUT2D eigenvalue weighted by Crippen LogP contribution is 2.19. The van der Waals surface area contributed by atoms with Crippen LogP contribution in [0.5, 0.6) is 0 Å². The molecule has 0 radical (unpaired) electrons. The normalized spacial score (nSPS) is 10.6. The molecule has 14 heavy (non-hydrogen) atoms. The standard InChI is InChI=1S/C9H7FN2O2/c10-5-2-1-3-6-9(5)7(12-11-6)4-8(13)14/h1-3H,4H2,(H,11,12)(H,13,14). The van der Waals surface area contributed by atoms with Gasteiger partial charge in [-0.2, -0.15) is 5.10 Å². The summed E-state index contributed by atoms with van der Waals surface area (Å²) < 4.78 is 13.3. The smallest absolute Gasteiger partial charge is 0.309 e. The molecule has 2 aromatic rings. The monoisotopic (exact) mass is 194 g/mol. The molecule has 0 unspecified atom stereocenters. The molecule has 4 nitrogen and oxygen atoms in total. The predicted molar refractivity (Wildman–Crippen MR) is 47.4 cm³/mol. The molecule has 0 fully saturated rings. The van der Waals surface area contributed by atoms with E-state index in [-0.39, 0.29) is 11.8 Å². The lowest BCUT2D eigenvalue weighted by Crippen LogP contribution is -2.01. The average Bonchev–Trinajstić information content (AvgIpc) is 2.49. The van der Waals surface area contributed by atoms with Crippen molar-refractivity contribution in [1.29, 1.82) is 0 Å². The number of carboxylic acid groups (broad SMARTS) is 1. The van der Waals surface area contributed by atoms with E-state index in [4.69, 9.17) is 5.11 Å². The van der Waals surface area contributed by atoms with Crippen molar-refractivity contribution in [2.24, 2.45) is 0 Å². The number of nitrogens with zero attached hydrogens (tertiary/aromatic N) is 1. The van der Waals surface area contributed by atoms with Crippen LogP contribution in [0, 0.1) is 5.82 Å². The summed E-state index contributed by atoms with van der Waals surface area (Å²) in [6.07, 6.45) is -0.253. The fourth-order valence-corrected chi connectivity index (χ4v) is 1.37. The number of carbonyl (C=O) groups is 1. The Morgan fingerprint density at radius 3 is 3.07 bits per heavy atom. The number of hydrogen-bond donors (Lipinski definition) is 2. The minimum atomic E-state index is -1.01. The van der Waals surface area contributed by atoms with Crippen molar-refractivity contribution in [2.45, 2.75) is 6.42 Å². The molecule has 1 aromatic heterocycles. The number of aromatic amines is 1. The van der Waals surface area contributed by atoms with Gasteiger partial charge in [0.05, 0.1) is 23.0 Å². The van der Waals surface area contributed by atoms with E-state index in [1.165, 1.54) is 12.1 Å². The van der Waals surface area contributed by atoms with Gasteiger partial charge in [0.15, 0.2) is 0 Å². The van der Waals surface area contributed by atoms with Crippen molar-refractivity contribution in [3.63, 3.8) is 0 Å². The van der Waals surface area contributed by atoms with Crippen LogP contribution in [0.2, 0.25) is 0 Å². The van der Waals surface area contributed by atoms with Gasteiger partial charge in [-0.15, -0.1) is 0 Å². The van der Waals surface area contributed by atoms with Crippen LogP contribution in [-0.4, -0.2) is 21.3 Å². The van der Waals surface area contributed by atoms with Crippen molar-refractivity contribution in [3.05, 3.63) is 29.7 Å². The van der Waals surface area contributed by atoms with Crippen LogP contribution in [0.25, 0.3) is 10.9 Å². The maximum atomic E-state index is 13.3. The van der Waals surface area contributed by atoms with Gasteiger partial charge >= 0.3 is 5.97 Å². The van der Waals surface area contributed by atoms with Crippen LogP contribution in [0.1, 0.15) is 5.69 Å². The van der Waals surface area contributed by atoms with E-state index in [2.05, 4.69) is 10.2 Å². The third-order valence-electron chi connectivity index (χ3n) is 1.93. The van der Waals surface area contributed by atoms with E-state index in [0.29, 0.717) is 11.2 Å². The lowest BCUT2D eigenvalue weighted by atomic mass is 10.1. The van der Waals surface area contributed by atoms with Gasteiger partial charge in [0.1, 0.15) is 5.82 Å². The molecule has 0 bridgehead atoms. The highest BCUT2D eigenvalue weighted by molar-refractivity contribution is 5.85. The summed E-state index contributed by atoms with van der Waals surface area (Å²) >= 11 is 0. The van der Waals surface area contributed by atoms with Gasteiger partial charge in [-0.3, -0.25) is 9.89 Å². The predicted octanol–water partition coefficient (Wildman–Crippen LogP) is 1.33. The fraction of sp³-hybridized carbons (Fsp3) is 0.111. The second-order valence-corrected chi connectivity index (χ2v) is 2.91. The minimum Gasteiger partial charge on any atom is -0.481 e. The molecule has 0 saturated heterocycles. The molecule has 72 valence electrons. The van der Waals surface area contributed by atoms with E-state index < -0.39 is 11.8 Å². The first-order chi connectivity index (χ1) is 6.68. The first kappa shape index (κ1) is 8.68. The minimum absolute atomic E-state index is 0.253. The lowest BCUT2D eigenvalue weighted by Gasteiger charge is -1.94. The number of hydrogen-bond acceptors (Lipinski definition) is 2. The van der Waals surface area contributed by atoms with Gasteiger partial charge in [-0.05, 0) is 12.1 Å². The number of rotatable bonds is 2. The van der Waals surface area contributed by atoms with E-state index >= 15 is 0 Å². The highest BCUT2D eigenvalue weighted by Gasteiger charge is 2.12. The van der Waals surface area contributed by atoms with E-state index in [1.807, 2.05) is 0 Å². The second kappa shape index (κ2) is 3.10. The van der Waals surface area contributed by atoms with Gasteiger partial charge in [-0.25, -0.2) is 4.39 Å². The molecule has 1 aromatic carbocycles. The van der Waals surface area contributed by atoms with Crippen LogP contribution in [-0.2, 0) is 11.2 Å². The summed E-state index contributed by atoms with van der Waals surface area (Å²) in [6.45, 7) is 0. The van der Waals surface area contributed by atoms with Gasteiger partial charge in [-0.1, -0.05) is 6.07 Å². The van der Waals surface area contributed by atoms with E-state index in [0.717, 1.165) is 0 Å². The second-order valence-electron chi connectivity index (χ2n) is 2.91. The Bertz CT molecular complexity index is 493. The number of aromatic nitrogens is 2. The van der Waals surface area contributed by atoms with Crippen LogP contribution in [0.3, 0.4) is 0 Å². The molecule has 0 amide bonds. The number of nitrogens with one attached hydrogen (secondary N) is 1. The number of aliphatic carboxylic acids is 1. The maximum absolute atomic E-state index is 13.3. The molecule has 0 spiro atoms. The van der Waals surface area contributed by atoms with Gasteiger partial charge < -0.3 is 5.11 Å². The number of carboxylic acids is 1. The first-order valence-electron chi connectivity index (χ1n) is 4.02. The molecule has 0 saturated carbocycles. The zero-order chi connectivity index (χ0) is 10.1.